The van der Waals surface area contributed by atoms with Crippen molar-refractivity contribution in [1.29, 1.82) is 0 Å². The lowest BCUT2D eigenvalue weighted by Crippen LogP contribution is -2.09. The van der Waals surface area contributed by atoms with Crippen LogP contribution in [-0.2, 0) is 17.7 Å². The zero-order valence-electron chi connectivity index (χ0n) is 25.1. The molecule has 5 aromatic rings. The highest BCUT2D eigenvalue weighted by atomic mass is 32.1. The Balaban J connectivity index is 1.18. The molecule has 10 nitrogen and oxygen atoms in total. The number of carbonyl (C=O) groups is 1. The number of hydrogen-bond donors (Lipinski definition) is 3. The molecule has 5 rings (SSSR count). The molecule has 0 spiro atoms. The van der Waals surface area contributed by atoms with Gasteiger partial charge in [-0.25, -0.2) is 19.2 Å². The maximum absolute atomic E-state index is 14.5. The minimum atomic E-state index is -0.486. The van der Waals surface area contributed by atoms with Gasteiger partial charge in [-0.05, 0) is 75.7 Å². The second-order valence-corrected chi connectivity index (χ2v) is 11.9. The summed E-state index contributed by atoms with van der Waals surface area (Å²) in [6.07, 6.45) is 1.05. The van der Waals surface area contributed by atoms with Gasteiger partial charge in [-0.2, -0.15) is 5.10 Å². The van der Waals surface area contributed by atoms with Crippen molar-refractivity contribution in [3.63, 3.8) is 0 Å². The first-order valence-electron chi connectivity index (χ1n) is 14.4. The number of rotatable bonds is 13. The SMILES string of the molecule is CCOC(=O)c1nc(NCc2cc(C)c(Nc3nc4ccccc4s3)nn2)sc1CCCOc1ccc(C#CCNC)cc1F. The number of aromatic nitrogens is 4. The van der Waals surface area contributed by atoms with E-state index < -0.39 is 11.8 Å². The maximum Gasteiger partial charge on any atom is 0.358 e. The van der Waals surface area contributed by atoms with Crippen LogP contribution in [0.3, 0.4) is 0 Å². The van der Waals surface area contributed by atoms with Gasteiger partial charge in [0.15, 0.2) is 33.3 Å². The Morgan fingerprint density at radius 3 is 2.71 bits per heavy atom. The summed E-state index contributed by atoms with van der Waals surface area (Å²) in [7, 11) is 1.80. The van der Waals surface area contributed by atoms with Crippen molar-refractivity contribution in [2.45, 2.75) is 33.2 Å². The molecule has 0 atom stereocenters. The van der Waals surface area contributed by atoms with Crippen molar-refractivity contribution in [3.05, 3.63) is 81.7 Å². The molecule has 3 aromatic heterocycles. The number of hydrogen-bond acceptors (Lipinski definition) is 12. The van der Waals surface area contributed by atoms with E-state index in [0.717, 1.165) is 25.8 Å². The third kappa shape index (κ3) is 8.51. The summed E-state index contributed by atoms with van der Waals surface area (Å²) in [6.45, 7) is 5.09. The lowest BCUT2D eigenvalue weighted by atomic mass is 10.2. The molecule has 3 N–H and O–H groups in total. The predicted molar refractivity (Wildman–Crippen MR) is 176 cm³/mol. The largest absolute Gasteiger partial charge is 0.491 e. The van der Waals surface area contributed by atoms with Crippen molar-refractivity contribution in [2.75, 3.05) is 37.4 Å². The zero-order chi connectivity index (χ0) is 31.6. The molecule has 0 aliphatic rings. The van der Waals surface area contributed by atoms with Crippen LogP contribution in [0.15, 0.2) is 48.5 Å². The first-order valence-corrected chi connectivity index (χ1v) is 16.0. The Labute approximate surface area is 268 Å². The van der Waals surface area contributed by atoms with Gasteiger partial charge in [0.25, 0.3) is 0 Å². The molecule has 0 aliphatic heterocycles. The Bertz CT molecular complexity index is 1810. The smallest absolute Gasteiger partial charge is 0.358 e. The van der Waals surface area contributed by atoms with Crippen LogP contribution in [0.5, 0.6) is 5.75 Å². The number of anilines is 3. The molecule has 0 radical (unpaired) electrons. The molecule has 3 heterocycles. The molecule has 0 saturated carbocycles. The highest BCUT2D eigenvalue weighted by molar-refractivity contribution is 7.22. The summed E-state index contributed by atoms with van der Waals surface area (Å²) in [4.78, 5) is 22.5. The number of carbonyl (C=O) groups excluding carboxylic acids is 1. The van der Waals surface area contributed by atoms with Crippen LogP contribution >= 0.6 is 22.7 Å². The average molecular weight is 646 g/mol. The lowest BCUT2D eigenvalue weighted by molar-refractivity contribution is 0.0519. The number of benzene rings is 2. The summed E-state index contributed by atoms with van der Waals surface area (Å²) in [5.74, 6) is 5.63. The van der Waals surface area contributed by atoms with E-state index in [4.69, 9.17) is 9.47 Å². The van der Waals surface area contributed by atoms with E-state index in [1.54, 1.807) is 37.4 Å². The van der Waals surface area contributed by atoms with Gasteiger partial charge in [-0.1, -0.05) is 35.3 Å². The molecule has 13 heteroatoms. The molecule has 2 aromatic carbocycles. The fraction of sp³-hybridized carbons (Fsp3) is 0.281. The van der Waals surface area contributed by atoms with E-state index in [0.29, 0.717) is 48.1 Å². The van der Waals surface area contributed by atoms with E-state index in [9.17, 15) is 9.18 Å². The first-order chi connectivity index (χ1) is 21.9. The number of para-hydroxylation sites is 1. The van der Waals surface area contributed by atoms with Gasteiger partial charge in [0, 0.05) is 10.4 Å². The molecule has 0 aliphatic carbocycles. The minimum Gasteiger partial charge on any atom is -0.491 e. The van der Waals surface area contributed by atoms with E-state index >= 15 is 0 Å². The van der Waals surface area contributed by atoms with Crippen molar-refractivity contribution in [2.24, 2.45) is 0 Å². The summed E-state index contributed by atoms with van der Waals surface area (Å²) in [6, 6.07) is 14.5. The summed E-state index contributed by atoms with van der Waals surface area (Å²) >= 11 is 2.92. The maximum atomic E-state index is 14.5. The Hall–Kier alpha value is -4.64. The van der Waals surface area contributed by atoms with Gasteiger partial charge in [0.1, 0.15) is 0 Å². The van der Waals surface area contributed by atoms with Gasteiger partial charge in [-0.15, -0.1) is 16.4 Å². The van der Waals surface area contributed by atoms with Crippen LogP contribution in [0.1, 0.15) is 45.5 Å². The molecule has 0 amide bonds. The summed E-state index contributed by atoms with van der Waals surface area (Å²) in [5.41, 5.74) is 3.40. The van der Waals surface area contributed by atoms with Crippen LogP contribution in [0.4, 0.5) is 20.5 Å². The standard InChI is InChI=1S/C32H32FN7O3S2/c1-4-42-30(41)28-27(12-8-16-43-25-14-13-21(18-23(25)33)9-7-15-34-3)45-31(37-28)35-19-22-17-20(2)29(40-39-22)38-32-36-24-10-5-6-11-26(24)44-32/h5-6,10-11,13-14,17-18,34H,4,8,12,15-16,19H2,1-3H3,(H,35,37)(H,36,38,40). The van der Waals surface area contributed by atoms with Crippen molar-refractivity contribution < 1.29 is 18.7 Å². The Kier molecular flexibility index (Phi) is 10.9. The molecule has 0 unspecified atom stereocenters. The second-order valence-electron chi connectivity index (χ2n) is 9.77. The number of halogens is 1. The molecule has 0 fully saturated rings. The molecule has 45 heavy (non-hydrogen) atoms. The van der Waals surface area contributed by atoms with Crippen molar-refractivity contribution in [1.82, 2.24) is 25.5 Å². The molecule has 0 bridgehead atoms. The molecule has 0 saturated heterocycles. The number of esters is 1. The van der Waals surface area contributed by atoms with Crippen molar-refractivity contribution in [3.8, 4) is 17.6 Å². The van der Waals surface area contributed by atoms with Crippen LogP contribution in [0.2, 0.25) is 0 Å². The number of thiazole rings is 2. The van der Waals surface area contributed by atoms with Crippen LogP contribution in [0, 0.1) is 24.6 Å². The van der Waals surface area contributed by atoms with Gasteiger partial charge < -0.3 is 25.4 Å². The molecule has 232 valence electrons. The molecular formula is C32H32FN7O3S2. The number of nitrogens with one attached hydrogen (secondary N) is 3. The second kappa shape index (κ2) is 15.4. The van der Waals surface area contributed by atoms with Gasteiger partial charge in [0.2, 0.25) is 0 Å². The van der Waals surface area contributed by atoms with Gasteiger partial charge >= 0.3 is 5.97 Å². The Morgan fingerprint density at radius 2 is 1.93 bits per heavy atom. The number of nitrogens with zero attached hydrogens (tertiary/aromatic N) is 4. The fourth-order valence-corrected chi connectivity index (χ4v) is 6.10. The Morgan fingerprint density at radius 1 is 1.07 bits per heavy atom. The van der Waals surface area contributed by atoms with E-state index in [-0.39, 0.29) is 24.7 Å². The highest BCUT2D eigenvalue weighted by Crippen LogP contribution is 2.29. The first kappa shape index (κ1) is 31.8. The number of fused-ring (bicyclic) bond motifs is 1. The fourth-order valence-electron chi connectivity index (χ4n) is 4.24. The van der Waals surface area contributed by atoms with Gasteiger partial charge in [0.05, 0.1) is 42.2 Å². The lowest BCUT2D eigenvalue weighted by Gasteiger charge is -2.07. The number of aryl methyl sites for hydroxylation is 2. The van der Waals surface area contributed by atoms with Crippen LogP contribution in [0.25, 0.3) is 10.2 Å². The van der Waals surface area contributed by atoms with E-state index in [1.807, 2.05) is 37.3 Å². The van der Waals surface area contributed by atoms with E-state index in [1.165, 1.54) is 17.4 Å². The normalized spacial score (nSPS) is 10.8. The third-order valence-corrected chi connectivity index (χ3v) is 8.40. The van der Waals surface area contributed by atoms with Crippen molar-refractivity contribution >= 4 is 54.9 Å². The van der Waals surface area contributed by atoms with Crippen LogP contribution in [-0.4, -0.2) is 52.9 Å². The topological polar surface area (TPSA) is 123 Å². The minimum absolute atomic E-state index is 0.157. The summed E-state index contributed by atoms with van der Waals surface area (Å²) in [5, 5.41) is 19.5. The molecular weight excluding hydrogens is 614 g/mol. The van der Waals surface area contributed by atoms with Gasteiger partial charge in [-0.3, -0.25) is 0 Å². The number of ether oxygens (including phenoxy) is 2. The predicted octanol–water partition coefficient (Wildman–Crippen LogP) is 6.11. The van der Waals surface area contributed by atoms with Crippen LogP contribution < -0.4 is 20.7 Å². The zero-order valence-corrected chi connectivity index (χ0v) is 26.7. The summed E-state index contributed by atoms with van der Waals surface area (Å²) < 4.78 is 26.5. The monoisotopic (exact) mass is 645 g/mol. The average Bonchev–Trinajstić information content (AvgIpc) is 3.64. The highest BCUT2D eigenvalue weighted by Gasteiger charge is 2.20. The quantitative estimate of drug-likeness (QED) is 0.0786. The third-order valence-electron chi connectivity index (χ3n) is 6.38. The van der Waals surface area contributed by atoms with E-state index in [2.05, 4.69) is 48.0 Å².